The third-order valence-electron chi connectivity index (χ3n) is 3.20. The van der Waals surface area contributed by atoms with Gasteiger partial charge in [0, 0.05) is 29.3 Å². The van der Waals surface area contributed by atoms with Crippen molar-refractivity contribution in [1.29, 1.82) is 0 Å². The summed E-state index contributed by atoms with van der Waals surface area (Å²) in [7, 11) is 1.87. The van der Waals surface area contributed by atoms with Gasteiger partial charge in [0.1, 0.15) is 0 Å². The van der Waals surface area contributed by atoms with E-state index in [0.717, 1.165) is 41.7 Å². The number of amides is 1. The predicted octanol–water partition coefficient (Wildman–Crippen LogP) is 2.79. The van der Waals surface area contributed by atoms with Crippen LogP contribution in [0.15, 0.2) is 24.3 Å². The highest BCUT2D eigenvalue weighted by atomic mass is 127. The molecule has 1 aliphatic rings. The molecule has 0 aromatic heterocycles. The highest BCUT2D eigenvalue weighted by Crippen LogP contribution is 2.16. The molecular weight excluding hydrogens is 341 g/mol. The molecular formula is C14H18INO2. The van der Waals surface area contributed by atoms with Crippen molar-refractivity contribution >= 4 is 28.5 Å². The Kier molecular flexibility index (Phi) is 5.00. The maximum atomic E-state index is 12.3. The van der Waals surface area contributed by atoms with E-state index < -0.39 is 0 Å². The summed E-state index contributed by atoms with van der Waals surface area (Å²) in [5, 5.41) is 0. The zero-order chi connectivity index (χ0) is 13.0. The predicted molar refractivity (Wildman–Crippen MR) is 79.7 cm³/mol. The van der Waals surface area contributed by atoms with E-state index in [1.165, 1.54) is 0 Å². The van der Waals surface area contributed by atoms with Gasteiger partial charge in [-0.1, -0.05) is 6.07 Å². The van der Waals surface area contributed by atoms with Crippen molar-refractivity contribution in [1.82, 2.24) is 4.90 Å². The summed E-state index contributed by atoms with van der Waals surface area (Å²) < 4.78 is 6.54. The monoisotopic (exact) mass is 359 g/mol. The summed E-state index contributed by atoms with van der Waals surface area (Å²) in [6.45, 7) is 2.43. The zero-order valence-corrected chi connectivity index (χ0v) is 12.7. The smallest absolute Gasteiger partial charge is 0.253 e. The Morgan fingerprint density at radius 3 is 3.06 bits per heavy atom. The number of ether oxygens (including phenoxy) is 1. The van der Waals surface area contributed by atoms with Crippen LogP contribution in [-0.2, 0) is 4.74 Å². The molecule has 0 spiro atoms. The number of carbonyl (C=O) groups excluding carboxylic acids is 1. The maximum absolute atomic E-state index is 12.3. The second-order valence-electron chi connectivity index (χ2n) is 4.78. The van der Waals surface area contributed by atoms with Crippen LogP contribution >= 0.6 is 22.6 Å². The van der Waals surface area contributed by atoms with Gasteiger partial charge in [-0.05, 0) is 59.5 Å². The van der Waals surface area contributed by atoms with Crippen molar-refractivity contribution in [2.75, 3.05) is 26.8 Å². The quantitative estimate of drug-likeness (QED) is 0.777. The van der Waals surface area contributed by atoms with Crippen LogP contribution in [0.2, 0.25) is 0 Å². The molecule has 1 aromatic carbocycles. The van der Waals surface area contributed by atoms with Crippen LogP contribution in [0.3, 0.4) is 0 Å². The third-order valence-corrected chi connectivity index (χ3v) is 3.88. The number of benzene rings is 1. The average Bonchev–Trinajstić information content (AvgIpc) is 2.39. The Labute approximate surface area is 122 Å². The second kappa shape index (κ2) is 6.52. The lowest BCUT2D eigenvalue weighted by Gasteiger charge is -2.27. The van der Waals surface area contributed by atoms with Gasteiger partial charge in [-0.3, -0.25) is 4.79 Å². The number of halogens is 1. The van der Waals surface area contributed by atoms with Crippen LogP contribution < -0.4 is 0 Å². The number of carbonyl (C=O) groups is 1. The average molecular weight is 359 g/mol. The van der Waals surface area contributed by atoms with Gasteiger partial charge in [-0.2, -0.15) is 0 Å². The fourth-order valence-corrected chi connectivity index (χ4v) is 2.81. The first-order valence-corrected chi connectivity index (χ1v) is 7.33. The molecule has 0 radical (unpaired) electrons. The van der Waals surface area contributed by atoms with E-state index in [1.54, 1.807) is 0 Å². The number of hydrogen-bond acceptors (Lipinski definition) is 2. The molecule has 0 aliphatic carbocycles. The minimum atomic E-state index is 0.0964. The van der Waals surface area contributed by atoms with Crippen LogP contribution in [0.5, 0.6) is 0 Å². The summed E-state index contributed by atoms with van der Waals surface area (Å²) in [6, 6.07) is 7.72. The lowest BCUT2D eigenvalue weighted by Crippen LogP contribution is -2.35. The standard InChI is InChI=1S/C14H18INO2/c1-16(9-11-4-3-7-18-10-11)14(17)12-5-2-6-13(15)8-12/h2,5-6,8,11H,3-4,7,9-10H2,1H3. The van der Waals surface area contributed by atoms with E-state index in [4.69, 9.17) is 4.74 Å². The van der Waals surface area contributed by atoms with E-state index in [0.29, 0.717) is 5.92 Å². The molecule has 4 heteroatoms. The normalized spacial score (nSPS) is 19.6. The minimum absolute atomic E-state index is 0.0964. The molecule has 1 atom stereocenters. The maximum Gasteiger partial charge on any atom is 0.253 e. The van der Waals surface area contributed by atoms with Crippen molar-refractivity contribution < 1.29 is 9.53 Å². The SMILES string of the molecule is CN(CC1CCCOC1)C(=O)c1cccc(I)c1. The van der Waals surface area contributed by atoms with E-state index in [9.17, 15) is 4.79 Å². The number of hydrogen-bond donors (Lipinski definition) is 0. The largest absolute Gasteiger partial charge is 0.381 e. The second-order valence-corrected chi connectivity index (χ2v) is 6.02. The molecule has 0 bridgehead atoms. The Bertz CT molecular complexity index is 416. The van der Waals surface area contributed by atoms with Gasteiger partial charge in [0.2, 0.25) is 0 Å². The lowest BCUT2D eigenvalue weighted by molar-refractivity contribution is 0.0388. The topological polar surface area (TPSA) is 29.5 Å². The minimum Gasteiger partial charge on any atom is -0.381 e. The van der Waals surface area contributed by atoms with Gasteiger partial charge >= 0.3 is 0 Å². The summed E-state index contributed by atoms with van der Waals surface area (Å²) in [5.41, 5.74) is 0.765. The van der Waals surface area contributed by atoms with Gasteiger partial charge in [-0.15, -0.1) is 0 Å². The summed E-state index contributed by atoms with van der Waals surface area (Å²) in [4.78, 5) is 14.1. The fourth-order valence-electron chi connectivity index (χ4n) is 2.26. The van der Waals surface area contributed by atoms with Gasteiger partial charge in [-0.25, -0.2) is 0 Å². The van der Waals surface area contributed by atoms with Crippen molar-refractivity contribution in [2.24, 2.45) is 5.92 Å². The van der Waals surface area contributed by atoms with E-state index in [-0.39, 0.29) is 5.91 Å². The highest BCUT2D eigenvalue weighted by Gasteiger charge is 2.19. The molecule has 0 saturated carbocycles. The van der Waals surface area contributed by atoms with Gasteiger partial charge in [0.05, 0.1) is 6.61 Å². The first-order valence-electron chi connectivity index (χ1n) is 6.25. The molecule has 1 aliphatic heterocycles. The summed E-state index contributed by atoms with van der Waals surface area (Å²) in [5.74, 6) is 0.578. The Balaban J connectivity index is 1.95. The molecule has 1 amide bonds. The number of rotatable bonds is 3. The molecule has 98 valence electrons. The molecule has 1 fully saturated rings. The third kappa shape index (κ3) is 3.68. The Morgan fingerprint density at radius 1 is 1.56 bits per heavy atom. The highest BCUT2D eigenvalue weighted by molar-refractivity contribution is 14.1. The zero-order valence-electron chi connectivity index (χ0n) is 10.6. The molecule has 1 saturated heterocycles. The molecule has 3 nitrogen and oxygen atoms in total. The van der Waals surface area contributed by atoms with E-state index in [2.05, 4.69) is 22.6 Å². The molecule has 1 heterocycles. The first-order chi connectivity index (χ1) is 8.66. The van der Waals surface area contributed by atoms with E-state index >= 15 is 0 Å². The van der Waals surface area contributed by atoms with E-state index in [1.807, 2.05) is 36.2 Å². The fraction of sp³-hybridized carbons (Fsp3) is 0.500. The molecule has 2 rings (SSSR count). The Hall–Kier alpha value is -0.620. The van der Waals surface area contributed by atoms with Gasteiger partial charge in [0.15, 0.2) is 0 Å². The van der Waals surface area contributed by atoms with Gasteiger partial charge in [0.25, 0.3) is 5.91 Å². The van der Waals surface area contributed by atoms with Crippen molar-refractivity contribution in [3.8, 4) is 0 Å². The van der Waals surface area contributed by atoms with Crippen LogP contribution in [-0.4, -0.2) is 37.6 Å². The summed E-state index contributed by atoms with van der Waals surface area (Å²) >= 11 is 2.23. The molecule has 18 heavy (non-hydrogen) atoms. The summed E-state index contributed by atoms with van der Waals surface area (Å²) in [6.07, 6.45) is 2.26. The Morgan fingerprint density at radius 2 is 2.39 bits per heavy atom. The van der Waals surface area contributed by atoms with Crippen LogP contribution in [0.4, 0.5) is 0 Å². The van der Waals surface area contributed by atoms with Crippen LogP contribution in [0.25, 0.3) is 0 Å². The van der Waals surface area contributed by atoms with Crippen molar-refractivity contribution in [3.63, 3.8) is 0 Å². The molecule has 0 N–H and O–H groups in total. The van der Waals surface area contributed by atoms with Crippen LogP contribution in [0, 0.1) is 9.49 Å². The van der Waals surface area contributed by atoms with Crippen molar-refractivity contribution in [3.05, 3.63) is 33.4 Å². The molecule has 1 unspecified atom stereocenters. The lowest BCUT2D eigenvalue weighted by atomic mass is 10.0. The number of nitrogens with zero attached hydrogens (tertiary/aromatic N) is 1. The van der Waals surface area contributed by atoms with Crippen LogP contribution in [0.1, 0.15) is 23.2 Å². The molecule has 1 aromatic rings. The van der Waals surface area contributed by atoms with Crippen molar-refractivity contribution in [2.45, 2.75) is 12.8 Å². The first kappa shape index (κ1) is 13.8. The van der Waals surface area contributed by atoms with Gasteiger partial charge < -0.3 is 9.64 Å².